The van der Waals surface area contributed by atoms with Crippen molar-refractivity contribution in [3.63, 3.8) is 0 Å². The minimum absolute atomic E-state index is 0.141. The van der Waals surface area contributed by atoms with Crippen LogP contribution in [0, 0.1) is 11.3 Å². The summed E-state index contributed by atoms with van der Waals surface area (Å²) in [7, 11) is 0. The molecule has 120 valence electrons. The summed E-state index contributed by atoms with van der Waals surface area (Å²) < 4.78 is 5.13. The van der Waals surface area contributed by atoms with Gasteiger partial charge in [0.2, 0.25) is 0 Å². The Morgan fingerprint density at radius 3 is 2.32 bits per heavy atom. The van der Waals surface area contributed by atoms with Crippen molar-refractivity contribution in [3.05, 3.63) is 35.4 Å². The molecule has 1 aromatic rings. The normalized spacial score (nSPS) is 13.9. The predicted octanol–water partition coefficient (Wildman–Crippen LogP) is 3.00. The quantitative estimate of drug-likeness (QED) is 0.659. The van der Waals surface area contributed by atoms with Crippen LogP contribution >= 0.6 is 0 Å². The third-order valence-electron chi connectivity index (χ3n) is 2.86. The number of carbonyl (C=O) groups excluding carboxylic acids is 1. The van der Waals surface area contributed by atoms with Gasteiger partial charge < -0.3 is 9.84 Å². The standard InChI is InChI=1S/C16H22N2O4/c1-11(19)9-14(13-7-5-12(10-17)6-8-13)18(21)15(20)22-16(2,3)4/h5-8,11,14,19,21H,9H2,1-4H3. The molecule has 0 bridgehead atoms. The van der Waals surface area contributed by atoms with Crippen molar-refractivity contribution in [2.75, 3.05) is 0 Å². The highest BCUT2D eigenvalue weighted by molar-refractivity contribution is 5.67. The molecule has 0 saturated carbocycles. The van der Waals surface area contributed by atoms with Crippen LogP contribution in [0.15, 0.2) is 24.3 Å². The molecule has 0 aliphatic rings. The molecule has 0 aliphatic carbocycles. The highest BCUT2D eigenvalue weighted by Gasteiger charge is 2.29. The van der Waals surface area contributed by atoms with Crippen molar-refractivity contribution >= 4 is 6.09 Å². The van der Waals surface area contributed by atoms with Gasteiger partial charge in [0.25, 0.3) is 0 Å². The smallest absolute Gasteiger partial charge is 0.434 e. The van der Waals surface area contributed by atoms with E-state index in [1.54, 1.807) is 52.0 Å². The maximum Gasteiger partial charge on any atom is 0.434 e. The summed E-state index contributed by atoms with van der Waals surface area (Å²) >= 11 is 0. The molecule has 0 heterocycles. The second-order valence-electron chi connectivity index (χ2n) is 6.16. The summed E-state index contributed by atoms with van der Waals surface area (Å²) in [6.07, 6.45) is -1.47. The van der Waals surface area contributed by atoms with Crippen molar-refractivity contribution < 1.29 is 19.8 Å². The Balaban J connectivity index is 3.01. The fourth-order valence-electron chi connectivity index (χ4n) is 1.92. The highest BCUT2D eigenvalue weighted by atomic mass is 16.6. The van der Waals surface area contributed by atoms with Crippen LogP contribution in [0.4, 0.5) is 4.79 Å². The van der Waals surface area contributed by atoms with Crippen molar-refractivity contribution in [1.29, 1.82) is 5.26 Å². The topological polar surface area (TPSA) is 93.8 Å². The molecule has 1 rings (SSSR count). The molecular weight excluding hydrogens is 284 g/mol. The molecule has 0 fully saturated rings. The SMILES string of the molecule is CC(O)CC(c1ccc(C#N)cc1)N(O)C(=O)OC(C)(C)C. The number of hydroxylamine groups is 2. The zero-order chi connectivity index (χ0) is 16.9. The van der Waals surface area contributed by atoms with Gasteiger partial charge in [-0.2, -0.15) is 10.3 Å². The van der Waals surface area contributed by atoms with E-state index in [1.807, 2.05) is 6.07 Å². The van der Waals surface area contributed by atoms with Crippen LogP contribution in [-0.2, 0) is 4.74 Å². The molecule has 1 amide bonds. The van der Waals surface area contributed by atoms with Crippen LogP contribution < -0.4 is 0 Å². The Morgan fingerprint density at radius 2 is 1.91 bits per heavy atom. The van der Waals surface area contributed by atoms with Crippen LogP contribution in [0.5, 0.6) is 0 Å². The predicted molar refractivity (Wildman–Crippen MR) is 80.1 cm³/mol. The van der Waals surface area contributed by atoms with Crippen molar-refractivity contribution in [1.82, 2.24) is 5.06 Å². The first-order valence-corrected chi connectivity index (χ1v) is 7.03. The van der Waals surface area contributed by atoms with Crippen LogP contribution in [0.25, 0.3) is 0 Å². The van der Waals surface area contributed by atoms with Gasteiger partial charge in [-0.1, -0.05) is 12.1 Å². The lowest BCUT2D eigenvalue weighted by Gasteiger charge is -2.29. The summed E-state index contributed by atoms with van der Waals surface area (Å²) in [6, 6.07) is 7.70. The fraction of sp³-hybridized carbons (Fsp3) is 0.500. The number of hydrogen-bond donors (Lipinski definition) is 2. The largest absolute Gasteiger partial charge is 0.442 e. The zero-order valence-electron chi connectivity index (χ0n) is 13.3. The molecule has 22 heavy (non-hydrogen) atoms. The highest BCUT2D eigenvalue weighted by Crippen LogP contribution is 2.26. The van der Waals surface area contributed by atoms with Gasteiger partial charge in [0.1, 0.15) is 5.60 Å². The third-order valence-corrected chi connectivity index (χ3v) is 2.86. The molecule has 6 heteroatoms. The Labute approximate surface area is 130 Å². The average Bonchev–Trinajstić information content (AvgIpc) is 2.42. The molecule has 2 N–H and O–H groups in total. The van der Waals surface area contributed by atoms with Gasteiger partial charge >= 0.3 is 6.09 Å². The van der Waals surface area contributed by atoms with Gasteiger partial charge in [-0.25, -0.2) is 4.79 Å². The van der Waals surface area contributed by atoms with E-state index in [9.17, 15) is 15.1 Å². The Hall–Kier alpha value is -2.10. The molecule has 0 radical (unpaired) electrons. The van der Waals surface area contributed by atoms with Crippen molar-refractivity contribution in [3.8, 4) is 6.07 Å². The van der Waals surface area contributed by atoms with Crippen LogP contribution in [0.2, 0.25) is 0 Å². The van der Waals surface area contributed by atoms with E-state index in [4.69, 9.17) is 10.00 Å². The third kappa shape index (κ3) is 5.35. The molecule has 0 aromatic heterocycles. The van der Waals surface area contributed by atoms with E-state index in [0.717, 1.165) is 0 Å². The summed E-state index contributed by atoms with van der Waals surface area (Å²) in [4.78, 5) is 12.0. The Morgan fingerprint density at radius 1 is 1.36 bits per heavy atom. The van der Waals surface area contributed by atoms with Gasteiger partial charge in [0, 0.05) is 6.42 Å². The van der Waals surface area contributed by atoms with Gasteiger partial charge in [-0.15, -0.1) is 0 Å². The minimum Gasteiger partial charge on any atom is -0.442 e. The van der Waals surface area contributed by atoms with Gasteiger partial charge in [-0.3, -0.25) is 5.21 Å². The second-order valence-corrected chi connectivity index (χ2v) is 6.16. The van der Waals surface area contributed by atoms with E-state index in [1.165, 1.54) is 0 Å². The summed E-state index contributed by atoms with van der Waals surface area (Å²) in [5.41, 5.74) is 0.340. The van der Waals surface area contributed by atoms with Crippen molar-refractivity contribution in [2.24, 2.45) is 0 Å². The number of nitrogens with zero attached hydrogens (tertiary/aromatic N) is 2. The number of rotatable bonds is 4. The summed E-state index contributed by atoms with van der Waals surface area (Å²) in [5.74, 6) is 0. The van der Waals surface area contributed by atoms with Crippen molar-refractivity contribution in [2.45, 2.75) is 51.9 Å². The lowest BCUT2D eigenvalue weighted by Crippen LogP contribution is -2.38. The molecule has 6 nitrogen and oxygen atoms in total. The molecule has 1 aromatic carbocycles. The summed E-state index contributed by atoms with van der Waals surface area (Å²) in [6.45, 7) is 6.66. The Bertz CT molecular complexity index is 541. The van der Waals surface area contributed by atoms with Gasteiger partial charge in [0.05, 0.1) is 23.8 Å². The fourth-order valence-corrected chi connectivity index (χ4v) is 1.92. The maximum absolute atomic E-state index is 12.0. The van der Waals surface area contributed by atoms with E-state index >= 15 is 0 Å². The first kappa shape index (κ1) is 18.0. The molecular formula is C16H22N2O4. The van der Waals surface area contributed by atoms with E-state index < -0.39 is 23.8 Å². The number of carbonyl (C=O) groups is 1. The number of amides is 1. The number of hydrogen-bond acceptors (Lipinski definition) is 5. The van der Waals surface area contributed by atoms with E-state index in [2.05, 4.69) is 0 Å². The molecule has 0 saturated heterocycles. The average molecular weight is 306 g/mol. The molecule has 0 spiro atoms. The van der Waals surface area contributed by atoms with Crippen LogP contribution in [0.3, 0.4) is 0 Å². The molecule has 2 unspecified atom stereocenters. The van der Waals surface area contributed by atoms with Gasteiger partial charge in [0.15, 0.2) is 0 Å². The number of aliphatic hydroxyl groups excluding tert-OH is 1. The van der Waals surface area contributed by atoms with Crippen LogP contribution in [-0.4, -0.2) is 33.2 Å². The lowest BCUT2D eigenvalue weighted by molar-refractivity contribution is -0.128. The number of aliphatic hydroxyl groups is 1. The first-order valence-electron chi connectivity index (χ1n) is 7.03. The van der Waals surface area contributed by atoms with E-state index in [0.29, 0.717) is 16.2 Å². The molecule has 2 atom stereocenters. The zero-order valence-corrected chi connectivity index (χ0v) is 13.3. The number of nitriles is 1. The monoisotopic (exact) mass is 306 g/mol. The summed E-state index contributed by atoms with van der Waals surface area (Å²) in [5, 5.41) is 29.1. The van der Waals surface area contributed by atoms with Gasteiger partial charge in [-0.05, 0) is 45.4 Å². The number of ether oxygens (including phenoxy) is 1. The second kappa shape index (κ2) is 7.25. The molecule has 0 aliphatic heterocycles. The lowest BCUT2D eigenvalue weighted by atomic mass is 10.00. The van der Waals surface area contributed by atoms with Crippen LogP contribution in [0.1, 0.15) is 51.3 Å². The minimum atomic E-state index is -0.887. The number of benzene rings is 1. The van der Waals surface area contributed by atoms with E-state index in [-0.39, 0.29) is 6.42 Å². The first-order chi connectivity index (χ1) is 10.1. The maximum atomic E-state index is 12.0. The Kier molecular flexibility index (Phi) is 5.92.